The summed E-state index contributed by atoms with van der Waals surface area (Å²) in [6.07, 6.45) is -0.409. The number of nitrogens with zero attached hydrogens (tertiary/aromatic N) is 1. The van der Waals surface area contributed by atoms with Crippen molar-refractivity contribution < 1.29 is 15.0 Å². The van der Waals surface area contributed by atoms with Crippen LogP contribution in [0.15, 0.2) is 24.3 Å². The summed E-state index contributed by atoms with van der Waals surface area (Å²) in [6.45, 7) is 4.56. The number of carboxylic acid groups (broad SMARTS) is 1. The standard InChI is InChI=1S/C14H19NO3/c1-9(2)11-5-3-4-6-12(11)15-8-10(14(17)18)7-13(15)16/h3-6,9-10,13,16H,7-8H2,1-2H3,(H,17,18)/t10-,13-/m0/s1. The van der Waals surface area contributed by atoms with Crippen LogP contribution in [0.25, 0.3) is 0 Å². The number of hydrogen-bond donors (Lipinski definition) is 2. The van der Waals surface area contributed by atoms with Crippen molar-refractivity contribution in [3.8, 4) is 0 Å². The monoisotopic (exact) mass is 249 g/mol. The molecule has 1 aliphatic heterocycles. The maximum Gasteiger partial charge on any atom is 0.308 e. The molecule has 4 heteroatoms. The van der Waals surface area contributed by atoms with E-state index in [-0.39, 0.29) is 0 Å². The van der Waals surface area contributed by atoms with Gasteiger partial charge >= 0.3 is 5.97 Å². The van der Waals surface area contributed by atoms with Gasteiger partial charge in [0.2, 0.25) is 0 Å². The van der Waals surface area contributed by atoms with Crippen molar-refractivity contribution in [2.24, 2.45) is 5.92 Å². The topological polar surface area (TPSA) is 60.8 Å². The van der Waals surface area contributed by atoms with Crippen LogP contribution in [-0.2, 0) is 4.79 Å². The average Bonchev–Trinajstić information content (AvgIpc) is 2.71. The summed E-state index contributed by atoms with van der Waals surface area (Å²) in [5.74, 6) is -0.976. The fraction of sp³-hybridized carbons (Fsp3) is 0.500. The summed E-state index contributed by atoms with van der Waals surface area (Å²) >= 11 is 0. The van der Waals surface area contributed by atoms with Gasteiger partial charge in [-0.25, -0.2) is 0 Å². The summed E-state index contributed by atoms with van der Waals surface area (Å²) in [5, 5.41) is 19.1. The Morgan fingerprint density at radius 2 is 2.06 bits per heavy atom. The van der Waals surface area contributed by atoms with E-state index >= 15 is 0 Å². The fourth-order valence-electron chi connectivity index (χ4n) is 2.49. The van der Waals surface area contributed by atoms with Crippen LogP contribution in [0, 0.1) is 5.92 Å². The van der Waals surface area contributed by atoms with Gasteiger partial charge in [-0.05, 0) is 17.5 Å². The van der Waals surface area contributed by atoms with Crippen LogP contribution < -0.4 is 4.90 Å². The molecule has 0 spiro atoms. The van der Waals surface area contributed by atoms with Crippen molar-refractivity contribution in [1.82, 2.24) is 0 Å². The van der Waals surface area contributed by atoms with Crippen molar-refractivity contribution in [1.29, 1.82) is 0 Å². The van der Waals surface area contributed by atoms with Gasteiger partial charge in [-0.3, -0.25) is 4.79 Å². The highest BCUT2D eigenvalue weighted by Crippen LogP contribution is 2.33. The molecule has 0 unspecified atom stereocenters. The largest absolute Gasteiger partial charge is 0.481 e. The molecule has 0 aliphatic carbocycles. The van der Waals surface area contributed by atoms with Gasteiger partial charge in [-0.1, -0.05) is 32.0 Å². The first-order valence-corrected chi connectivity index (χ1v) is 6.27. The first kappa shape index (κ1) is 12.9. The molecule has 2 N–H and O–H groups in total. The zero-order valence-corrected chi connectivity index (χ0v) is 10.7. The lowest BCUT2D eigenvalue weighted by molar-refractivity contribution is -0.141. The smallest absolute Gasteiger partial charge is 0.308 e. The molecule has 18 heavy (non-hydrogen) atoms. The minimum atomic E-state index is -0.835. The number of aliphatic hydroxyl groups excluding tert-OH is 1. The predicted molar refractivity (Wildman–Crippen MR) is 69.6 cm³/mol. The molecule has 2 rings (SSSR count). The molecule has 1 heterocycles. The Morgan fingerprint density at radius 3 is 2.61 bits per heavy atom. The number of aliphatic carboxylic acids is 1. The van der Waals surface area contributed by atoms with Crippen LogP contribution in [-0.4, -0.2) is 29.0 Å². The van der Waals surface area contributed by atoms with E-state index in [1.807, 2.05) is 24.3 Å². The van der Waals surface area contributed by atoms with Crippen molar-refractivity contribution in [2.75, 3.05) is 11.4 Å². The van der Waals surface area contributed by atoms with E-state index < -0.39 is 18.1 Å². The minimum absolute atomic E-state index is 0.293. The highest BCUT2D eigenvalue weighted by atomic mass is 16.4. The third-order valence-corrected chi connectivity index (χ3v) is 3.49. The minimum Gasteiger partial charge on any atom is -0.481 e. The third-order valence-electron chi connectivity index (χ3n) is 3.49. The summed E-state index contributed by atoms with van der Waals surface area (Å²) in [5.41, 5.74) is 2.09. The molecule has 0 aromatic heterocycles. The number of para-hydroxylation sites is 1. The quantitative estimate of drug-likeness (QED) is 0.860. The Bertz CT molecular complexity index is 444. The normalized spacial score (nSPS) is 23.7. The molecule has 0 radical (unpaired) electrons. The molecule has 0 saturated carbocycles. The Kier molecular flexibility index (Phi) is 3.57. The summed E-state index contributed by atoms with van der Waals surface area (Å²) in [7, 11) is 0. The van der Waals surface area contributed by atoms with Crippen LogP contribution in [0.1, 0.15) is 31.7 Å². The van der Waals surface area contributed by atoms with E-state index in [1.165, 1.54) is 0 Å². The van der Waals surface area contributed by atoms with Gasteiger partial charge < -0.3 is 15.1 Å². The molecule has 0 amide bonds. The number of carbonyl (C=O) groups is 1. The van der Waals surface area contributed by atoms with Gasteiger partial charge in [-0.2, -0.15) is 0 Å². The van der Waals surface area contributed by atoms with Crippen molar-refractivity contribution in [3.05, 3.63) is 29.8 Å². The summed E-state index contributed by atoms with van der Waals surface area (Å²) in [6, 6.07) is 7.86. The van der Waals surface area contributed by atoms with E-state index in [0.717, 1.165) is 11.3 Å². The fourth-order valence-corrected chi connectivity index (χ4v) is 2.49. The molecule has 1 saturated heterocycles. The first-order chi connectivity index (χ1) is 8.50. The summed E-state index contributed by atoms with van der Waals surface area (Å²) in [4.78, 5) is 12.8. The molecule has 4 nitrogen and oxygen atoms in total. The number of aliphatic hydroxyl groups is 1. The average molecular weight is 249 g/mol. The SMILES string of the molecule is CC(C)c1ccccc1N1C[C@@H](C(=O)O)C[C@@H]1O. The van der Waals surface area contributed by atoms with Crippen LogP contribution in [0.2, 0.25) is 0 Å². The van der Waals surface area contributed by atoms with Gasteiger partial charge in [0, 0.05) is 18.7 Å². The Morgan fingerprint density at radius 1 is 1.39 bits per heavy atom. The van der Waals surface area contributed by atoms with E-state index in [4.69, 9.17) is 5.11 Å². The zero-order chi connectivity index (χ0) is 13.3. The van der Waals surface area contributed by atoms with E-state index in [1.54, 1.807) is 4.90 Å². The van der Waals surface area contributed by atoms with E-state index in [9.17, 15) is 9.90 Å². The molecule has 0 bridgehead atoms. The second-order valence-electron chi connectivity index (χ2n) is 5.12. The first-order valence-electron chi connectivity index (χ1n) is 6.27. The zero-order valence-electron chi connectivity index (χ0n) is 10.7. The molecular formula is C14H19NO3. The van der Waals surface area contributed by atoms with Crippen LogP contribution in [0.4, 0.5) is 5.69 Å². The van der Waals surface area contributed by atoms with E-state index in [0.29, 0.717) is 18.9 Å². The van der Waals surface area contributed by atoms with Crippen molar-refractivity contribution in [3.63, 3.8) is 0 Å². The molecule has 1 aromatic carbocycles. The highest BCUT2D eigenvalue weighted by molar-refractivity contribution is 5.72. The Balaban J connectivity index is 2.29. The van der Waals surface area contributed by atoms with Crippen molar-refractivity contribution in [2.45, 2.75) is 32.4 Å². The van der Waals surface area contributed by atoms with Crippen LogP contribution in [0.5, 0.6) is 0 Å². The second-order valence-corrected chi connectivity index (χ2v) is 5.12. The Labute approximate surface area is 107 Å². The molecular weight excluding hydrogens is 230 g/mol. The number of benzene rings is 1. The lowest BCUT2D eigenvalue weighted by Gasteiger charge is -2.26. The van der Waals surface area contributed by atoms with Crippen molar-refractivity contribution >= 4 is 11.7 Å². The van der Waals surface area contributed by atoms with E-state index in [2.05, 4.69) is 13.8 Å². The van der Waals surface area contributed by atoms with Gasteiger partial charge in [0.05, 0.1) is 5.92 Å². The lowest BCUT2D eigenvalue weighted by Crippen LogP contribution is -2.30. The molecule has 98 valence electrons. The molecule has 1 aliphatic rings. The number of carboxylic acids is 1. The third kappa shape index (κ3) is 2.34. The Hall–Kier alpha value is -1.55. The lowest BCUT2D eigenvalue weighted by atomic mass is 10.0. The maximum absolute atomic E-state index is 11.0. The molecule has 2 atom stereocenters. The van der Waals surface area contributed by atoms with Crippen LogP contribution in [0.3, 0.4) is 0 Å². The van der Waals surface area contributed by atoms with Gasteiger partial charge in [0.15, 0.2) is 0 Å². The molecule has 1 fully saturated rings. The summed E-state index contributed by atoms with van der Waals surface area (Å²) < 4.78 is 0. The highest BCUT2D eigenvalue weighted by Gasteiger charge is 2.35. The number of rotatable bonds is 3. The molecule has 1 aromatic rings. The number of anilines is 1. The second kappa shape index (κ2) is 4.98. The predicted octanol–water partition coefficient (Wildman–Crippen LogP) is 2.04. The maximum atomic E-state index is 11.0. The van der Waals surface area contributed by atoms with Gasteiger partial charge in [0.25, 0.3) is 0 Å². The van der Waals surface area contributed by atoms with Crippen LogP contribution >= 0.6 is 0 Å². The van der Waals surface area contributed by atoms with Gasteiger partial charge in [0.1, 0.15) is 6.23 Å². The number of hydrogen-bond acceptors (Lipinski definition) is 3. The van der Waals surface area contributed by atoms with Gasteiger partial charge in [-0.15, -0.1) is 0 Å².